The van der Waals surface area contributed by atoms with E-state index < -0.39 is 0 Å². The van der Waals surface area contributed by atoms with E-state index >= 15 is 0 Å². The SMILES string of the molecule is CCC(CC)(O[SiH3])C(C)C. The molecule has 0 amide bonds. The molecule has 0 rings (SSSR count). The smallest absolute Gasteiger partial charge is 0.146 e. The number of hydrogen-bond acceptors (Lipinski definition) is 1. The monoisotopic (exact) mass is 160 g/mol. The van der Waals surface area contributed by atoms with E-state index in [2.05, 4.69) is 27.7 Å². The number of hydrogen-bond donors (Lipinski definition) is 0. The van der Waals surface area contributed by atoms with Gasteiger partial charge in [-0.15, -0.1) is 0 Å². The molecule has 62 valence electrons. The molecule has 0 heterocycles. The summed E-state index contributed by atoms with van der Waals surface area (Å²) in [5.74, 6) is 0.653. The van der Waals surface area contributed by atoms with Gasteiger partial charge < -0.3 is 4.43 Å². The van der Waals surface area contributed by atoms with Crippen LogP contribution in [-0.2, 0) is 4.43 Å². The molecular weight excluding hydrogens is 140 g/mol. The summed E-state index contributed by atoms with van der Waals surface area (Å²) in [5.41, 5.74) is 0.187. The second-order valence-corrected chi connectivity index (χ2v) is 3.54. The minimum atomic E-state index is 0.187. The van der Waals surface area contributed by atoms with Gasteiger partial charge in [0.25, 0.3) is 0 Å². The molecule has 0 aliphatic heterocycles. The fourth-order valence-electron chi connectivity index (χ4n) is 1.59. The van der Waals surface area contributed by atoms with Crippen molar-refractivity contribution in [1.29, 1.82) is 0 Å². The summed E-state index contributed by atoms with van der Waals surface area (Å²) in [7, 11) is 0.863. The summed E-state index contributed by atoms with van der Waals surface area (Å²) in [6, 6.07) is 0. The van der Waals surface area contributed by atoms with E-state index in [1.807, 2.05) is 0 Å². The highest BCUT2D eigenvalue weighted by Gasteiger charge is 2.28. The molecule has 0 fully saturated rings. The maximum absolute atomic E-state index is 5.64. The lowest BCUT2D eigenvalue weighted by Gasteiger charge is -2.35. The highest BCUT2D eigenvalue weighted by molar-refractivity contribution is 5.98. The Hall–Kier alpha value is 0.177. The zero-order valence-corrected chi connectivity index (χ0v) is 9.90. The minimum Gasteiger partial charge on any atom is -0.422 e. The molecule has 0 aromatic carbocycles. The van der Waals surface area contributed by atoms with E-state index in [1.165, 1.54) is 0 Å². The fraction of sp³-hybridized carbons (Fsp3) is 1.00. The predicted molar refractivity (Wildman–Crippen MR) is 49.2 cm³/mol. The Labute approximate surface area is 67.7 Å². The quantitative estimate of drug-likeness (QED) is 0.566. The largest absolute Gasteiger partial charge is 0.422 e. The summed E-state index contributed by atoms with van der Waals surface area (Å²) < 4.78 is 5.64. The van der Waals surface area contributed by atoms with Crippen molar-refractivity contribution in [2.75, 3.05) is 0 Å². The van der Waals surface area contributed by atoms with Crippen molar-refractivity contribution in [2.24, 2.45) is 5.92 Å². The van der Waals surface area contributed by atoms with E-state index in [0.717, 1.165) is 23.3 Å². The predicted octanol–water partition coefficient (Wildman–Crippen LogP) is 1.50. The number of rotatable bonds is 4. The first-order chi connectivity index (χ1) is 4.63. The molecule has 0 atom stereocenters. The van der Waals surface area contributed by atoms with Gasteiger partial charge in [-0.1, -0.05) is 27.7 Å². The van der Waals surface area contributed by atoms with E-state index in [4.69, 9.17) is 4.43 Å². The molecule has 0 aliphatic carbocycles. The first-order valence-corrected chi connectivity index (χ1v) is 4.99. The topological polar surface area (TPSA) is 9.23 Å². The van der Waals surface area contributed by atoms with Crippen LogP contribution < -0.4 is 0 Å². The molecule has 10 heavy (non-hydrogen) atoms. The van der Waals surface area contributed by atoms with Gasteiger partial charge >= 0.3 is 0 Å². The first-order valence-electron chi connectivity index (χ1n) is 4.18. The van der Waals surface area contributed by atoms with Crippen LogP contribution in [0.5, 0.6) is 0 Å². The molecule has 0 aliphatic rings. The van der Waals surface area contributed by atoms with Gasteiger partial charge in [0.1, 0.15) is 10.5 Å². The molecule has 0 spiro atoms. The normalized spacial score (nSPS) is 12.9. The highest BCUT2D eigenvalue weighted by atomic mass is 28.2. The molecule has 0 N–H and O–H groups in total. The molecule has 0 aromatic heterocycles. The summed E-state index contributed by atoms with van der Waals surface area (Å²) in [6.07, 6.45) is 2.29. The Morgan fingerprint density at radius 3 is 1.70 bits per heavy atom. The molecule has 1 nitrogen and oxygen atoms in total. The van der Waals surface area contributed by atoms with Gasteiger partial charge in [-0.2, -0.15) is 0 Å². The van der Waals surface area contributed by atoms with Crippen LogP contribution in [0.15, 0.2) is 0 Å². The average molecular weight is 160 g/mol. The van der Waals surface area contributed by atoms with Crippen molar-refractivity contribution in [1.82, 2.24) is 0 Å². The Kier molecular flexibility index (Phi) is 4.21. The van der Waals surface area contributed by atoms with Crippen LogP contribution >= 0.6 is 0 Å². The third-order valence-electron chi connectivity index (χ3n) is 2.66. The second-order valence-electron chi connectivity index (χ2n) is 3.13. The Balaban J connectivity index is 4.15. The van der Waals surface area contributed by atoms with E-state index in [-0.39, 0.29) is 5.60 Å². The Morgan fingerprint density at radius 1 is 1.30 bits per heavy atom. The van der Waals surface area contributed by atoms with Crippen LogP contribution in [0.25, 0.3) is 0 Å². The lowest BCUT2D eigenvalue weighted by molar-refractivity contribution is 0.0226. The Morgan fingerprint density at radius 2 is 1.70 bits per heavy atom. The standard InChI is InChI=1S/C8H20OSi/c1-5-8(6-2,9-10)7(3)4/h7H,5-6H2,1-4,10H3. The first kappa shape index (κ1) is 10.2. The molecule has 0 saturated carbocycles. The molecule has 0 aromatic rings. The second kappa shape index (κ2) is 4.14. The van der Waals surface area contributed by atoms with Gasteiger partial charge in [0, 0.05) is 0 Å². The lowest BCUT2D eigenvalue weighted by atomic mass is 9.85. The van der Waals surface area contributed by atoms with Crippen LogP contribution in [0.2, 0.25) is 0 Å². The maximum Gasteiger partial charge on any atom is 0.146 e. The van der Waals surface area contributed by atoms with Gasteiger partial charge in [0.2, 0.25) is 0 Å². The van der Waals surface area contributed by atoms with E-state index in [9.17, 15) is 0 Å². The van der Waals surface area contributed by atoms with Gasteiger partial charge in [-0.3, -0.25) is 0 Å². The van der Waals surface area contributed by atoms with Gasteiger partial charge in [-0.25, -0.2) is 0 Å². The molecule has 0 radical (unpaired) electrons. The van der Waals surface area contributed by atoms with Gasteiger partial charge in [0.15, 0.2) is 0 Å². The molecule has 0 bridgehead atoms. The average Bonchev–Trinajstić information content (AvgIpc) is 1.92. The van der Waals surface area contributed by atoms with E-state index in [1.54, 1.807) is 0 Å². The van der Waals surface area contributed by atoms with Crippen LogP contribution in [0, 0.1) is 5.92 Å². The van der Waals surface area contributed by atoms with Crippen molar-refractivity contribution >= 4 is 10.5 Å². The molecule has 2 heteroatoms. The maximum atomic E-state index is 5.64. The van der Waals surface area contributed by atoms with Crippen LogP contribution in [-0.4, -0.2) is 16.1 Å². The van der Waals surface area contributed by atoms with Crippen molar-refractivity contribution < 1.29 is 4.43 Å². The van der Waals surface area contributed by atoms with Crippen LogP contribution in [0.3, 0.4) is 0 Å². The highest BCUT2D eigenvalue weighted by Crippen LogP contribution is 2.27. The van der Waals surface area contributed by atoms with Gasteiger partial charge in [-0.05, 0) is 18.8 Å². The summed E-state index contributed by atoms with van der Waals surface area (Å²) in [4.78, 5) is 0. The summed E-state index contributed by atoms with van der Waals surface area (Å²) in [5, 5.41) is 0. The third-order valence-corrected chi connectivity index (χ3v) is 3.47. The van der Waals surface area contributed by atoms with Crippen molar-refractivity contribution in [3.63, 3.8) is 0 Å². The third kappa shape index (κ3) is 1.83. The summed E-state index contributed by atoms with van der Waals surface area (Å²) >= 11 is 0. The van der Waals surface area contributed by atoms with E-state index in [0.29, 0.717) is 5.92 Å². The fourth-order valence-corrected chi connectivity index (χ4v) is 2.64. The van der Waals surface area contributed by atoms with Crippen molar-refractivity contribution in [2.45, 2.75) is 46.1 Å². The minimum absolute atomic E-state index is 0.187. The molecular formula is C8H20OSi. The zero-order valence-electron chi connectivity index (χ0n) is 7.90. The van der Waals surface area contributed by atoms with Crippen molar-refractivity contribution in [3.8, 4) is 0 Å². The van der Waals surface area contributed by atoms with Crippen molar-refractivity contribution in [3.05, 3.63) is 0 Å². The zero-order chi connectivity index (χ0) is 8.20. The van der Waals surface area contributed by atoms with Crippen LogP contribution in [0.1, 0.15) is 40.5 Å². The molecule has 0 saturated heterocycles. The summed E-state index contributed by atoms with van der Waals surface area (Å²) in [6.45, 7) is 8.90. The Bertz CT molecular complexity index is 79.0. The van der Waals surface area contributed by atoms with Gasteiger partial charge in [0.05, 0.1) is 5.60 Å². The van der Waals surface area contributed by atoms with Crippen LogP contribution in [0.4, 0.5) is 0 Å². The lowest BCUT2D eigenvalue weighted by Crippen LogP contribution is -2.36. The molecule has 0 unspecified atom stereocenters.